The maximum atomic E-state index is 12.9. The maximum absolute atomic E-state index is 12.9. The fourth-order valence-corrected chi connectivity index (χ4v) is 4.87. The van der Waals surface area contributed by atoms with Gasteiger partial charge in [-0.25, -0.2) is 15.0 Å². The van der Waals surface area contributed by atoms with Crippen LogP contribution in [-0.2, 0) is 17.8 Å². The van der Waals surface area contributed by atoms with E-state index in [9.17, 15) is 9.59 Å². The lowest BCUT2D eigenvalue weighted by Crippen LogP contribution is -2.38. The molecule has 4 heterocycles. The Hall–Kier alpha value is -2.55. The molecule has 4 rings (SSSR count). The highest BCUT2D eigenvalue weighted by molar-refractivity contribution is 7.11. The molecule has 0 saturated carbocycles. The molecule has 29 heavy (non-hydrogen) atoms. The second kappa shape index (κ2) is 8.06. The number of amides is 2. The van der Waals surface area contributed by atoms with E-state index < -0.39 is 0 Å². The smallest absolute Gasteiger partial charge is 0.266 e. The molecule has 0 radical (unpaired) electrons. The fraction of sp³-hybridized carbons (Fsp3) is 0.550. The molecule has 0 spiro atoms. The summed E-state index contributed by atoms with van der Waals surface area (Å²) in [6.07, 6.45) is 2.49. The van der Waals surface area contributed by atoms with E-state index in [1.807, 2.05) is 23.8 Å². The first-order valence-electron chi connectivity index (χ1n) is 10.00. The molecule has 154 valence electrons. The molecule has 0 aliphatic carbocycles. The van der Waals surface area contributed by atoms with Gasteiger partial charge < -0.3 is 15.1 Å². The van der Waals surface area contributed by atoms with Crippen LogP contribution in [-0.4, -0.2) is 63.2 Å². The van der Waals surface area contributed by atoms with Gasteiger partial charge in [0.05, 0.1) is 23.4 Å². The Morgan fingerprint density at radius 1 is 1.17 bits per heavy atom. The van der Waals surface area contributed by atoms with Gasteiger partial charge in [0.2, 0.25) is 5.91 Å². The maximum Gasteiger partial charge on any atom is 0.266 e. The second-order valence-electron chi connectivity index (χ2n) is 7.63. The van der Waals surface area contributed by atoms with Crippen LogP contribution in [0.4, 0.5) is 5.82 Å². The van der Waals surface area contributed by atoms with E-state index in [0.29, 0.717) is 18.0 Å². The van der Waals surface area contributed by atoms with Crippen molar-refractivity contribution in [1.82, 2.24) is 24.8 Å². The average Bonchev–Trinajstić information content (AvgIpc) is 3.17. The number of nitrogens with one attached hydrogen (secondary N) is 1. The fourth-order valence-electron chi connectivity index (χ4n) is 4.10. The molecule has 1 fully saturated rings. The van der Waals surface area contributed by atoms with Gasteiger partial charge in [-0.1, -0.05) is 0 Å². The number of hydrogen-bond acceptors (Lipinski definition) is 7. The van der Waals surface area contributed by atoms with Crippen molar-refractivity contribution in [2.75, 3.05) is 32.0 Å². The van der Waals surface area contributed by atoms with Gasteiger partial charge in [-0.3, -0.25) is 9.59 Å². The van der Waals surface area contributed by atoms with E-state index in [2.05, 4.69) is 10.3 Å². The Kier molecular flexibility index (Phi) is 5.49. The van der Waals surface area contributed by atoms with Crippen LogP contribution in [0.5, 0.6) is 0 Å². The van der Waals surface area contributed by atoms with E-state index in [0.717, 1.165) is 60.9 Å². The molecule has 2 aromatic rings. The molecule has 1 saturated heterocycles. The summed E-state index contributed by atoms with van der Waals surface area (Å²) >= 11 is 1.39. The number of thiazole rings is 1. The predicted octanol–water partition coefficient (Wildman–Crippen LogP) is 2.21. The van der Waals surface area contributed by atoms with Crippen LogP contribution < -0.4 is 5.32 Å². The largest absolute Gasteiger partial charge is 0.373 e. The van der Waals surface area contributed by atoms with Gasteiger partial charge >= 0.3 is 0 Å². The lowest BCUT2D eigenvalue weighted by Gasteiger charge is -2.32. The van der Waals surface area contributed by atoms with Gasteiger partial charge in [0.15, 0.2) is 0 Å². The van der Waals surface area contributed by atoms with Crippen molar-refractivity contribution in [2.45, 2.75) is 45.6 Å². The van der Waals surface area contributed by atoms with E-state index in [1.165, 1.54) is 11.3 Å². The van der Waals surface area contributed by atoms with Crippen LogP contribution >= 0.6 is 11.3 Å². The standard InChI is InChI=1S/C20H26N6O2S/c1-12-17(29-11-22-12)20(28)26-9-6-16-15(10-26)19(21-3)24-18(23-16)14-4-7-25(8-5-14)13(2)27/h11,14H,4-10H2,1-3H3,(H,21,23,24). The summed E-state index contributed by atoms with van der Waals surface area (Å²) in [6, 6.07) is 0. The number of aromatic nitrogens is 3. The molecule has 0 atom stereocenters. The summed E-state index contributed by atoms with van der Waals surface area (Å²) < 4.78 is 0. The molecule has 9 heteroatoms. The zero-order valence-corrected chi connectivity index (χ0v) is 17.9. The third-order valence-corrected chi connectivity index (χ3v) is 6.76. The van der Waals surface area contributed by atoms with Gasteiger partial charge in [-0.15, -0.1) is 11.3 Å². The van der Waals surface area contributed by atoms with Crippen LogP contribution in [0, 0.1) is 6.92 Å². The first-order chi connectivity index (χ1) is 14.0. The summed E-state index contributed by atoms with van der Waals surface area (Å²) in [5, 5.41) is 3.20. The number of carbonyl (C=O) groups is 2. The molecular formula is C20H26N6O2S. The number of carbonyl (C=O) groups excluding carboxylic acids is 2. The van der Waals surface area contributed by atoms with E-state index >= 15 is 0 Å². The number of piperidine rings is 1. The topological polar surface area (TPSA) is 91.3 Å². The Labute approximate surface area is 174 Å². The van der Waals surface area contributed by atoms with Gasteiger partial charge in [-0.05, 0) is 19.8 Å². The third-order valence-electron chi connectivity index (χ3n) is 5.85. The van der Waals surface area contributed by atoms with Crippen molar-refractivity contribution in [3.8, 4) is 0 Å². The summed E-state index contributed by atoms with van der Waals surface area (Å²) in [6.45, 7) is 6.15. The summed E-state index contributed by atoms with van der Waals surface area (Å²) in [4.78, 5) is 42.8. The molecule has 0 unspecified atom stereocenters. The van der Waals surface area contributed by atoms with Crippen molar-refractivity contribution in [2.24, 2.45) is 0 Å². The minimum Gasteiger partial charge on any atom is -0.373 e. The van der Waals surface area contributed by atoms with E-state index in [4.69, 9.17) is 9.97 Å². The molecule has 2 aliphatic rings. The monoisotopic (exact) mass is 414 g/mol. The first kappa shape index (κ1) is 19.8. The van der Waals surface area contributed by atoms with E-state index in [-0.39, 0.29) is 17.7 Å². The van der Waals surface area contributed by atoms with Crippen LogP contribution in [0.15, 0.2) is 5.51 Å². The molecule has 8 nitrogen and oxygen atoms in total. The van der Waals surface area contributed by atoms with Gasteiger partial charge in [0.1, 0.15) is 16.5 Å². The summed E-state index contributed by atoms with van der Waals surface area (Å²) in [5.74, 6) is 2.08. The highest BCUT2D eigenvalue weighted by Crippen LogP contribution is 2.31. The number of aryl methyl sites for hydroxylation is 1. The molecule has 2 aliphatic heterocycles. The highest BCUT2D eigenvalue weighted by Gasteiger charge is 2.30. The van der Waals surface area contributed by atoms with Gasteiger partial charge in [0.25, 0.3) is 5.91 Å². The van der Waals surface area contributed by atoms with Crippen LogP contribution in [0.3, 0.4) is 0 Å². The summed E-state index contributed by atoms with van der Waals surface area (Å²) in [5.41, 5.74) is 4.52. The molecule has 0 aromatic carbocycles. The Balaban J connectivity index is 1.54. The van der Waals surface area contributed by atoms with Crippen molar-refractivity contribution in [3.63, 3.8) is 0 Å². The van der Waals surface area contributed by atoms with Gasteiger partial charge in [-0.2, -0.15) is 0 Å². The van der Waals surface area contributed by atoms with Crippen LogP contribution in [0.1, 0.15) is 58.1 Å². The van der Waals surface area contributed by atoms with E-state index in [1.54, 1.807) is 12.4 Å². The van der Waals surface area contributed by atoms with Crippen LogP contribution in [0.25, 0.3) is 0 Å². The van der Waals surface area contributed by atoms with Crippen molar-refractivity contribution in [3.05, 3.63) is 33.2 Å². The SMILES string of the molecule is CNc1nc(C2CCN(C(C)=O)CC2)nc2c1CN(C(=O)c1scnc1C)CC2. The van der Waals surface area contributed by atoms with Crippen molar-refractivity contribution < 1.29 is 9.59 Å². The number of nitrogens with zero attached hydrogens (tertiary/aromatic N) is 5. The normalized spacial score (nSPS) is 17.2. The second-order valence-corrected chi connectivity index (χ2v) is 8.48. The molecule has 2 aromatic heterocycles. The Bertz CT molecular complexity index is 918. The lowest BCUT2D eigenvalue weighted by atomic mass is 9.95. The minimum absolute atomic E-state index is 0.0263. The number of likely N-dealkylation sites (tertiary alicyclic amines) is 1. The zero-order chi connectivity index (χ0) is 20.5. The number of hydrogen-bond donors (Lipinski definition) is 1. The quantitative estimate of drug-likeness (QED) is 0.828. The minimum atomic E-state index is 0.0263. The van der Waals surface area contributed by atoms with Crippen molar-refractivity contribution in [1.29, 1.82) is 0 Å². The Morgan fingerprint density at radius 2 is 1.93 bits per heavy atom. The Morgan fingerprint density at radius 3 is 2.55 bits per heavy atom. The zero-order valence-electron chi connectivity index (χ0n) is 17.1. The average molecular weight is 415 g/mol. The molecule has 2 amide bonds. The molecule has 1 N–H and O–H groups in total. The highest BCUT2D eigenvalue weighted by atomic mass is 32.1. The predicted molar refractivity (Wildman–Crippen MR) is 111 cm³/mol. The lowest BCUT2D eigenvalue weighted by molar-refractivity contribution is -0.129. The van der Waals surface area contributed by atoms with Crippen molar-refractivity contribution >= 4 is 29.0 Å². The number of fused-ring (bicyclic) bond motifs is 1. The number of rotatable bonds is 3. The molecular weight excluding hydrogens is 388 g/mol. The van der Waals surface area contributed by atoms with Crippen LogP contribution in [0.2, 0.25) is 0 Å². The summed E-state index contributed by atoms with van der Waals surface area (Å²) in [7, 11) is 1.86. The first-order valence-corrected chi connectivity index (χ1v) is 10.9. The third kappa shape index (κ3) is 3.83. The van der Waals surface area contributed by atoms with Gasteiger partial charge in [0, 0.05) is 51.5 Å². The molecule has 0 bridgehead atoms. The number of anilines is 1.